The zero-order valence-electron chi connectivity index (χ0n) is 12.0. The van der Waals surface area contributed by atoms with E-state index in [9.17, 15) is 8.42 Å². The van der Waals surface area contributed by atoms with Gasteiger partial charge in [-0.05, 0) is 36.8 Å². The largest absolute Gasteiger partial charge is 0.494 e. The number of nitrogens with one attached hydrogen (secondary N) is 1. The van der Waals surface area contributed by atoms with Crippen LogP contribution in [0.25, 0.3) is 0 Å². The average Bonchev–Trinajstić information content (AvgIpc) is 2.46. The minimum atomic E-state index is -3.25. The van der Waals surface area contributed by atoms with Gasteiger partial charge < -0.3 is 10.1 Å². The molecule has 21 heavy (non-hydrogen) atoms. The van der Waals surface area contributed by atoms with Crippen molar-refractivity contribution in [2.75, 3.05) is 18.2 Å². The fourth-order valence-electron chi connectivity index (χ4n) is 1.78. The highest BCUT2D eigenvalue weighted by Crippen LogP contribution is 2.14. The van der Waals surface area contributed by atoms with E-state index in [1.807, 2.05) is 31.2 Å². The molecule has 0 bridgehead atoms. The third-order valence-electron chi connectivity index (χ3n) is 2.85. The van der Waals surface area contributed by atoms with Crippen LogP contribution < -0.4 is 10.1 Å². The summed E-state index contributed by atoms with van der Waals surface area (Å²) in [6.45, 7) is 3.23. The van der Waals surface area contributed by atoms with Crippen LogP contribution in [0.3, 0.4) is 0 Å². The van der Waals surface area contributed by atoms with E-state index in [1.165, 1.54) is 12.3 Å². The van der Waals surface area contributed by atoms with Gasteiger partial charge in [0.2, 0.25) is 0 Å². The first-order valence-corrected chi connectivity index (χ1v) is 8.50. The molecule has 0 radical (unpaired) electrons. The lowest BCUT2D eigenvalue weighted by Crippen LogP contribution is -2.03. The second kappa shape index (κ2) is 6.58. The van der Waals surface area contributed by atoms with E-state index in [0.29, 0.717) is 13.2 Å². The number of nitrogens with zero attached hydrogens (tertiary/aromatic N) is 1. The van der Waals surface area contributed by atoms with Gasteiger partial charge in [-0.2, -0.15) is 0 Å². The van der Waals surface area contributed by atoms with Crippen molar-refractivity contribution in [3.63, 3.8) is 0 Å². The van der Waals surface area contributed by atoms with Gasteiger partial charge in [0.1, 0.15) is 5.75 Å². The first-order chi connectivity index (χ1) is 9.99. The molecular formula is C15H18N2O3S. The molecule has 0 saturated carbocycles. The van der Waals surface area contributed by atoms with Crippen molar-refractivity contribution in [3.8, 4) is 5.75 Å². The Morgan fingerprint density at radius 2 is 1.86 bits per heavy atom. The highest BCUT2D eigenvalue weighted by molar-refractivity contribution is 7.90. The molecule has 5 nitrogen and oxygen atoms in total. The van der Waals surface area contributed by atoms with Crippen LogP contribution in [0.4, 0.5) is 5.69 Å². The third kappa shape index (κ3) is 4.46. The first kappa shape index (κ1) is 15.3. The van der Waals surface area contributed by atoms with Gasteiger partial charge in [-0.3, -0.25) is 0 Å². The fraction of sp³-hybridized carbons (Fsp3) is 0.267. The lowest BCUT2D eigenvalue weighted by atomic mass is 10.2. The molecule has 0 aliphatic rings. The number of anilines is 1. The molecule has 0 aliphatic carbocycles. The Labute approximate surface area is 124 Å². The molecule has 112 valence electrons. The molecule has 1 aromatic heterocycles. The standard InChI is InChI=1S/C15H18N2O3S/c1-3-20-14-7-4-12(5-8-14)10-16-13-6-9-15(17-11-13)21(2,18)19/h4-9,11,16H,3,10H2,1-2H3. The molecule has 2 aromatic rings. The molecule has 2 rings (SSSR count). The maximum absolute atomic E-state index is 11.3. The van der Waals surface area contributed by atoms with E-state index in [0.717, 1.165) is 23.3 Å². The highest BCUT2D eigenvalue weighted by Gasteiger charge is 2.07. The second-order valence-electron chi connectivity index (χ2n) is 4.59. The molecular weight excluding hydrogens is 288 g/mol. The second-order valence-corrected chi connectivity index (χ2v) is 6.55. The molecule has 1 N–H and O–H groups in total. The minimum Gasteiger partial charge on any atom is -0.494 e. The van der Waals surface area contributed by atoms with E-state index < -0.39 is 9.84 Å². The average molecular weight is 306 g/mol. The van der Waals surface area contributed by atoms with Crippen molar-refractivity contribution in [2.45, 2.75) is 18.5 Å². The van der Waals surface area contributed by atoms with Crippen LogP contribution in [0.1, 0.15) is 12.5 Å². The van der Waals surface area contributed by atoms with E-state index >= 15 is 0 Å². The molecule has 0 atom stereocenters. The number of sulfone groups is 1. The zero-order chi connectivity index (χ0) is 15.3. The summed E-state index contributed by atoms with van der Waals surface area (Å²) >= 11 is 0. The van der Waals surface area contributed by atoms with Gasteiger partial charge in [0.25, 0.3) is 0 Å². The van der Waals surface area contributed by atoms with Crippen LogP contribution in [0, 0.1) is 0 Å². The van der Waals surface area contributed by atoms with Gasteiger partial charge >= 0.3 is 0 Å². The van der Waals surface area contributed by atoms with Crippen molar-refractivity contribution in [2.24, 2.45) is 0 Å². The summed E-state index contributed by atoms with van der Waals surface area (Å²) in [5.74, 6) is 0.848. The van der Waals surface area contributed by atoms with E-state index in [4.69, 9.17) is 4.74 Å². The van der Waals surface area contributed by atoms with Crippen LogP contribution in [-0.4, -0.2) is 26.3 Å². The summed E-state index contributed by atoms with van der Waals surface area (Å²) in [4.78, 5) is 3.93. The highest BCUT2D eigenvalue weighted by atomic mass is 32.2. The minimum absolute atomic E-state index is 0.0779. The van der Waals surface area contributed by atoms with Crippen molar-refractivity contribution >= 4 is 15.5 Å². The molecule has 1 aromatic carbocycles. The van der Waals surface area contributed by atoms with E-state index in [2.05, 4.69) is 10.3 Å². The zero-order valence-corrected chi connectivity index (χ0v) is 12.9. The van der Waals surface area contributed by atoms with E-state index in [-0.39, 0.29) is 5.03 Å². The number of pyridine rings is 1. The molecule has 0 saturated heterocycles. The lowest BCUT2D eigenvalue weighted by molar-refractivity contribution is 0.340. The Morgan fingerprint density at radius 1 is 1.14 bits per heavy atom. The quantitative estimate of drug-likeness (QED) is 0.888. The molecule has 0 amide bonds. The van der Waals surface area contributed by atoms with Crippen molar-refractivity contribution in [3.05, 3.63) is 48.2 Å². The van der Waals surface area contributed by atoms with Gasteiger partial charge in [-0.15, -0.1) is 0 Å². The maximum atomic E-state index is 11.3. The number of benzene rings is 1. The summed E-state index contributed by atoms with van der Waals surface area (Å²) in [7, 11) is -3.25. The Kier molecular flexibility index (Phi) is 4.80. The van der Waals surface area contributed by atoms with Crippen LogP contribution >= 0.6 is 0 Å². The monoisotopic (exact) mass is 306 g/mol. The molecule has 0 aliphatic heterocycles. The molecule has 0 fully saturated rings. The summed E-state index contributed by atoms with van der Waals surface area (Å²) < 4.78 is 28.0. The predicted octanol–water partition coefficient (Wildman–Crippen LogP) is 2.50. The van der Waals surface area contributed by atoms with Gasteiger partial charge in [0.05, 0.1) is 18.5 Å². The number of hydrogen-bond acceptors (Lipinski definition) is 5. The number of ether oxygens (including phenoxy) is 1. The van der Waals surface area contributed by atoms with Gasteiger partial charge in [-0.1, -0.05) is 12.1 Å². The Balaban J connectivity index is 1.96. The molecule has 1 heterocycles. The van der Waals surface area contributed by atoms with Gasteiger partial charge in [-0.25, -0.2) is 13.4 Å². The Hall–Kier alpha value is -2.08. The molecule has 6 heteroatoms. The summed E-state index contributed by atoms with van der Waals surface area (Å²) in [5, 5.41) is 3.27. The van der Waals surface area contributed by atoms with E-state index in [1.54, 1.807) is 6.07 Å². The third-order valence-corrected chi connectivity index (χ3v) is 3.85. The Bertz CT molecular complexity index is 680. The van der Waals surface area contributed by atoms with Gasteiger partial charge in [0, 0.05) is 12.8 Å². The Morgan fingerprint density at radius 3 is 2.38 bits per heavy atom. The van der Waals surface area contributed by atoms with Gasteiger partial charge in [0.15, 0.2) is 14.9 Å². The molecule has 0 unspecified atom stereocenters. The van der Waals surface area contributed by atoms with Crippen molar-refractivity contribution in [1.82, 2.24) is 4.98 Å². The summed E-state index contributed by atoms with van der Waals surface area (Å²) in [6, 6.07) is 11.0. The normalized spacial score (nSPS) is 11.1. The molecule has 0 spiro atoms. The van der Waals surface area contributed by atoms with Crippen LogP contribution in [0.15, 0.2) is 47.6 Å². The van der Waals surface area contributed by atoms with Crippen molar-refractivity contribution < 1.29 is 13.2 Å². The topological polar surface area (TPSA) is 68.3 Å². The summed E-state index contributed by atoms with van der Waals surface area (Å²) in [5.41, 5.74) is 1.88. The SMILES string of the molecule is CCOc1ccc(CNc2ccc(S(C)(=O)=O)nc2)cc1. The van der Waals surface area contributed by atoms with Crippen LogP contribution in [0.5, 0.6) is 5.75 Å². The summed E-state index contributed by atoms with van der Waals surface area (Å²) in [6.07, 6.45) is 2.66. The predicted molar refractivity (Wildman–Crippen MR) is 82.3 cm³/mol. The first-order valence-electron chi connectivity index (χ1n) is 6.61. The number of rotatable bonds is 6. The maximum Gasteiger partial charge on any atom is 0.192 e. The lowest BCUT2D eigenvalue weighted by Gasteiger charge is -2.08. The van der Waals surface area contributed by atoms with Crippen LogP contribution in [-0.2, 0) is 16.4 Å². The smallest absolute Gasteiger partial charge is 0.192 e. The van der Waals surface area contributed by atoms with Crippen LogP contribution in [0.2, 0.25) is 0 Å². The number of aromatic nitrogens is 1. The van der Waals surface area contributed by atoms with Crippen molar-refractivity contribution in [1.29, 1.82) is 0 Å². The number of hydrogen-bond donors (Lipinski definition) is 1. The fourth-order valence-corrected chi connectivity index (χ4v) is 2.34.